The maximum Gasteiger partial charge on any atom is 0.387 e. The maximum atomic E-state index is 12.8. The standard InChI is InChI=1S/C23H20F2N2O5/c1-30-19-10-4-6-15(21(19)32-23(24)25)11-12-20(28)27-18-9-3-2-8-17(18)22(29)26-14-16-7-5-13-31-16/h2-13,23H,14H2,1H3,(H,26,29)(H,27,28). The molecule has 2 amide bonds. The van der Waals surface area contributed by atoms with Gasteiger partial charge < -0.3 is 24.5 Å². The van der Waals surface area contributed by atoms with Gasteiger partial charge >= 0.3 is 6.61 Å². The summed E-state index contributed by atoms with van der Waals surface area (Å²) < 4.78 is 40.2. The molecular weight excluding hydrogens is 422 g/mol. The van der Waals surface area contributed by atoms with Gasteiger partial charge in [-0.3, -0.25) is 9.59 Å². The summed E-state index contributed by atoms with van der Waals surface area (Å²) in [4.78, 5) is 24.9. The number of furan rings is 1. The monoisotopic (exact) mass is 442 g/mol. The minimum atomic E-state index is -3.06. The van der Waals surface area contributed by atoms with E-state index in [4.69, 9.17) is 9.15 Å². The molecule has 1 heterocycles. The largest absolute Gasteiger partial charge is 0.493 e. The Balaban J connectivity index is 1.72. The van der Waals surface area contributed by atoms with E-state index < -0.39 is 18.4 Å². The Kier molecular flexibility index (Phi) is 7.58. The number of para-hydroxylation sites is 2. The van der Waals surface area contributed by atoms with Crippen LogP contribution in [0, 0.1) is 0 Å². The van der Waals surface area contributed by atoms with Crippen molar-refractivity contribution in [1.82, 2.24) is 5.32 Å². The summed E-state index contributed by atoms with van der Waals surface area (Å²) in [5.41, 5.74) is 0.766. The zero-order chi connectivity index (χ0) is 22.9. The molecule has 7 nitrogen and oxygen atoms in total. The maximum absolute atomic E-state index is 12.8. The number of ether oxygens (including phenoxy) is 2. The average Bonchev–Trinajstić information content (AvgIpc) is 3.30. The number of halogens is 2. The summed E-state index contributed by atoms with van der Waals surface area (Å²) in [7, 11) is 1.32. The lowest BCUT2D eigenvalue weighted by atomic mass is 10.1. The van der Waals surface area contributed by atoms with E-state index in [0.29, 0.717) is 5.76 Å². The average molecular weight is 442 g/mol. The summed E-state index contributed by atoms with van der Waals surface area (Å²) in [6.07, 6.45) is 3.96. The minimum Gasteiger partial charge on any atom is -0.493 e. The Hall–Kier alpha value is -4.14. The molecule has 0 radical (unpaired) electrons. The zero-order valence-electron chi connectivity index (χ0n) is 17.0. The number of nitrogens with one attached hydrogen (secondary N) is 2. The van der Waals surface area contributed by atoms with E-state index in [9.17, 15) is 18.4 Å². The molecule has 0 aliphatic heterocycles. The van der Waals surface area contributed by atoms with Crippen LogP contribution in [0.15, 0.2) is 71.4 Å². The van der Waals surface area contributed by atoms with E-state index in [1.807, 2.05) is 0 Å². The Labute approximate surface area is 182 Å². The van der Waals surface area contributed by atoms with Gasteiger partial charge in [0, 0.05) is 11.6 Å². The van der Waals surface area contributed by atoms with Gasteiger partial charge in [-0.25, -0.2) is 0 Å². The molecular formula is C23H20F2N2O5. The van der Waals surface area contributed by atoms with Crippen molar-refractivity contribution in [1.29, 1.82) is 0 Å². The molecule has 2 aromatic carbocycles. The Morgan fingerprint density at radius 2 is 1.91 bits per heavy atom. The van der Waals surface area contributed by atoms with E-state index in [1.54, 1.807) is 42.5 Å². The number of carbonyl (C=O) groups is 2. The predicted octanol–water partition coefficient (Wildman–Crippen LogP) is 4.47. The number of carbonyl (C=O) groups excluding carboxylic acids is 2. The fourth-order valence-corrected chi connectivity index (χ4v) is 2.85. The molecule has 0 saturated heterocycles. The van der Waals surface area contributed by atoms with Crippen LogP contribution in [0.5, 0.6) is 11.5 Å². The molecule has 9 heteroatoms. The van der Waals surface area contributed by atoms with Gasteiger partial charge in [0.15, 0.2) is 11.5 Å². The molecule has 2 N–H and O–H groups in total. The van der Waals surface area contributed by atoms with Crippen LogP contribution in [-0.4, -0.2) is 25.5 Å². The fourth-order valence-electron chi connectivity index (χ4n) is 2.85. The lowest BCUT2D eigenvalue weighted by molar-refractivity contribution is -0.111. The second-order valence-electron chi connectivity index (χ2n) is 6.39. The van der Waals surface area contributed by atoms with Crippen molar-refractivity contribution in [2.24, 2.45) is 0 Å². The number of benzene rings is 2. The normalized spacial score (nSPS) is 10.9. The highest BCUT2D eigenvalue weighted by molar-refractivity contribution is 6.07. The lowest BCUT2D eigenvalue weighted by Crippen LogP contribution is -2.24. The summed E-state index contributed by atoms with van der Waals surface area (Å²) in [5.74, 6) is -0.468. The molecule has 32 heavy (non-hydrogen) atoms. The fraction of sp³-hybridized carbons (Fsp3) is 0.130. The molecule has 0 aliphatic rings. The van der Waals surface area contributed by atoms with Crippen LogP contribution in [0.25, 0.3) is 6.08 Å². The Morgan fingerprint density at radius 3 is 2.62 bits per heavy atom. The Bertz CT molecular complexity index is 1100. The van der Waals surface area contributed by atoms with Crippen molar-refractivity contribution in [3.63, 3.8) is 0 Å². The van der Waals surface area contributed by atoms with Gasteiger partial charge in [-0.1, -0.05) is 24.3 Å². The van der Waals surface area contributed by atoms with E-state index in [2.05, 4.69) is 15.4 Å². The molecule has 1 aromatic heterocycles. The molecule has 0 fully saturated rings. The van der Waals surface area contributed by atoms with Crippen LogP contribution in [0.1, 0.15) is 21.7 Å². The van der Waals surface area contributed by atoms with Gasteiger partial charge in [0.05, 0.1) is 31.2 Å². The van der Waals surface area contributed by atoms with E-state index in [-0.39, 0.29) is 34.9 Å². The molecule has 3 rings (SSSR count). The van der Waals surface area contributed by atoms with E-state index in [1.165, 1.54) is 31.6 Å². The van der Waals surface area contributed by atoms with Crippen LogP contribution >= 0.6 is 0 Å². The molecule has 3 aromatic rings. The summed E-state index contributed by atoms with van der Waals surface area (Å²) in [5, 5.41) is 5.32. The quantitative estimate of drug-likeness (QED) is 0.477. The first-order chi connectivity index (χ1) is 15.5. The minimum absolute atomic E-state index is 0.103. The highest BCUT2D eigenvalue weighted by Gasteiger charge is 2.15. The highest BCUT2D eigenvalue weighted by Crippen LogP contribution is 2.33. The van der Waals surface area contributed by atoms with Gasteiger partial charge in [0.1, 0.15) is 5.76 Å². The third-order valence-corrected chi connectivity index (χ3v) is 4.28. The summed E-state index contributed by atoms with van der Waals surface area (Å²) in [6.45, 7) is -2.87. The van der Waals surface area contributed by atoms with Crippen LogP contribution in [-0.2, 0) is 11.3 Å². The van der Waals surface area contributed by atoms with Crippen molar-refractivity contribution in [3.05, 3.63) is 83.8 Å². The van der Waals surface area contributed by atoms with Crippen LogP contribution < -0.4 is 20.1 Å². The third-order valence-electron chi connectivity index (χ3n) is 4.28. The van der Waals surface area contributed by atoms with Crippen molar-refractivity contribution < 1.29 is 32.3 Å². The van der Waals surface area contributed by atoms with Gasteiger partial charge in [-0.15, -0.1) is 0 Å². The number of hydrogen-bond donors (Lipinski definition) is 2. The first-order valence-corrected chi connectivity index (χ1v) is 9.48. The Morgan fingerprint density at radius 1 is 1.09 bits per heavy atom. The number of methoxy groups -OCH3 is 1. The van der Waals surface area contributed by atoms with Gasteiger partial charge in [0.2, 0.25) is 5.91 Å². The first kappa shape index (κ1) is 22.5. The van der Waals surface area contributed by atoms with Crippen molar-refractivity contribution >= 4 is 23.6 Å². The van der Waals surface area contributed by atoms with Crippen LogP contribution in [0.3, 0.4) is 0 Å². The number of anilines is 1. The molecule has 0 spiro atoms. The third kappa shape index (κ3) is 5.94. The van der Waals surface area contributed by atoms with E-state index >= 15 is 0 Å². The number of rotatable bonds is 9. The molecule has 0 aliphatic carbocycles. The van der Waals surface area contributed by atoms with Crippen molar-refractivity contribution in [2.45, 2.75) is 13.2 Å². The van der Waals surface area contributed by atoms with Gasteiger partial charge in [-0.2, -0.15) is 8.78 Å². The van der Waals surface area contributed by atoms with E-state index in [0.717, 1.165) is 6.08 Å². The molecule has 166 valence electrons. The molecule has 0 unspecified atom stereocenters. The highest BCUT2D eigenvalue weighted by atomic mass is 19.3. The number of hydrogen-bond acceptors (Lipinski definition) is 5. The molecule has 0 bridgehead atoms. The SMILES string of the molecule is COc1cccc(C=CC(=O)Nc2ccccc2C(=O)NCc2ccco2)c1OC(F)F. The molecule has 0 atom stereocenters. The summed E-state index contributed by atoms with van der Waals surface area (Å²) in [6, 6.07) is 14.4. The second kappa shape index (κ2) is 10.8. The lowest BCUT2D eigenvalue weighted by Gasteiger charge is -2.12. The molecule has 0 saturated carbocycles. The summed E-state index contributed by atoms with van der Waals surface area (Å²) >= 11 is 0. The topological polar surface area (TPSA) is 89.8 Å². The van der Waals surface area contributed by atoms with Crippen molar-refractivity contribution in [2.75, 3.05) is 12.4 Å². The predicted molar refractivity (Wildman–Crippen MR) is 114 cm³/mol. The zero-order valence-corrected chi connectivity index (χ0v) is 17.0. The smallest absolute Gasteiger partial charge is 0.387 e. The second-order valence-corrected chi connectivity index (χ2v) is 6.39. The van der Waals surface area contributed by atoms with Gasteiger partial charge in [-0.05, 0) is 36.4 Å². The van der Waals surface area contributed by atoms with Crippen LogP contribution in [0.4, 0.5) is 14.5 Å². The van der Waals surface area contributed by atoms with Crippen LogP contribution in [0.2, 0.25) is 0 Å². The number of alkyl halides is 2. The van der Waals surface area contributed by atoms with Crippen molar-refractivity contribution in [3.8, 4) is 11.5 Å². The van der Waals surface area contributed by atoms with Gasteiger partial charge in [0.25, 0.3) is 5.91 Å². The first-order valence-electron chi connectivity index (χ1n) is 9.48. The number of amides is 2.